The summed E-state index contributed by atoms with van der Waals surface area (Å²) in [6, 6.07) is 0. The zero-order valence-electron chi connectivity index (χ0n) is 15.3. The Labute approximate surface area is 133 Å². The zero-order valence-corrected chi connectivity index (χ0v) is 15.3. The van der Waals surface area contributed by atoms with E-state index in [1.807, 2.05) is 6.08 Å². The van der Waals surface area contributed by atoms with E-state index in [2.05, 4.69) is 48.1 Å². The Morgan fingerprint density at radius 2 is 1.33 bits per heavy atom. The molecule has 0 aliphatic carbocycles. The maximum Gasteiger partial charge on any atom is 0.190 e. The van der Waals surface area contributed by atoms with Crippen LogP contribution in [0.2, 0.25) is 0 Å². The van der Waals surface area contributed by atoms with Crippen molar-refractivity contribution in [1.29, 1.82) is 0 Å². The highest BCUT2D eigenvalue weighted by Crippen LogP contribution is 2.32. The van der Waals surface area contributed by atoms with E-state index >= 15 is 0 Å². The molecule has 0 bridgehead atoms. The summed E-state index contributed by atoms with van der Waals surface area (Å²) in [6.45, 7) is 16.7. The number of rotatable bonds is 13. The number of ether oxygens (including phenoxy) is 2. The molecule has 0 amide bonds. The van der Waals surface area contributed by atoms with E-state index in [4.69, 9.17) is 9.47 Å². The van der Waals surface area contributed by atoms with Gasteiger partial charge in [-0.25, -0.2) is 0 Å². The second-order valence-electron chi connectivity index (χ2n) is 6.72. The molecule has 126 valence electrons. The van der Waals surface area contributed by atoms with Crippen molar-refractivity contribution in [3.8, 4) is 0 Å². The first kappa shape index (κ1) is 20.7. The van der Waals surface area contributed by atoms with Crippen LogP contribution in [0.4, 0.5) is 0 Å². The Balaban J connectivity index is 4.42. The van der Waals surface area contributed by atoms with E-state index in [-0.39, 0.29) is 12.2 Å². The van der Waals surface area contributed by atoms with Crippen LogP contribution in [0.25, 0.3) is 0 Å². The smallest absolute Gasteiger partial charge is 0.190 e. The number of hydrogen-bond donors (Lipinski definition) is 0. The highest BCUT2D eigenvalue weighted by Gasteiger charge is 2.36. The quantitative estimate of drug-likeness (QED) is 0.232. The fraction of sp³-hybridized carbons (Fsp3) is 0.895. The summed E-state index contributed by atoms with van der Waals surface area (Å²) >= 11 is 0. The molecule has 1 unspecified atom stereocenters. The fourth-order valence-electron chi connectivity index (χ4n) is 2.73. The van der Waals surface area contributed by atoms with Gasteiger partial charge in [0.1, 0.15) is 0 Å². The SMILES string of the molecule is C=CC(OC(C)C)(OC(C)C)C(C)CCCCCCCC. The van der Waals surface area contributed by atoms with Gasteiger partial charge >= 0.3 is 0 Å². The predicted octanol–water partition coefficient (Wildman–Crippen LogP) is 6.11. The lowest BCUT2D eigenvalue weighted by Gasteiger charge is -2.39. The third kappa shape index (κ3) is 8.63. The molecule has 0 saturated heterocycles. The van der Waals surface area contributed by atoms with Gasteiger partial charge in [0.05, 0.1) is 12.2 Å². The monoisotopic (exact) mass is 298 g/mol. The minimum Gasteiger partial charge on any atom is -0.343 e. The van der Waals surface area contributed by atoms with Crippen LogP contribution in [-0.4, -0.2) is 18.0 Å². The van der Waals surface area contributed by atoms with Gasteiger partial charge in [-0.05, 0) is 40.2 Å². The van der Waals surface area contributed by atoms with Gasteiger partial charge in [-0.3, -0.25) is 0 Å². The Morgan fingerprint density at radius 3 is 1.76 bits per heavy atom. The van der Waals surface area contributed by atoms with Crippen molar-refractivity contribution >= 4 is 0 Å². The van der Waals surface area contributed by atoms with Crippen LogP contribution >= 0.6 is 0 Å². The fourth-order valence-corrected chi connectivity index (χ4v) is 2.73. The molecule has 0 radical (unpaired) electrons. The molecule has 0 saturated carbocycles. The van der Waals surface area contributed by atoms with Crippen molar-refractivity contribution < 1.29 is 9.47 Å². The molecule has 2 heteroatoms. The summed E-state index contributed by atoms with van der Waals surface area (Å²) in [5.74, 6) is -0.322. The molecule has 0 aliphatic heterocycles. The maximum absolute atomic E-state index is 6.12. The van der Waals surface area contributed by atoms with Gasteiger partial charge in [0.15, 0.2) is 5.79 Å². The van der Waals surface area contributed by atoms with Crippen molar-refractivity contribution in [2.75, 3.05) is 0 Å². The van der Waals surface area contributed by atoms with Crippen LogP contribution in [0.15, 0.2) is 12.7 Å². The van der Waals surface area contributed by atoms with Crippen LogP contribution in [0.3, 0.4) is 0 Å². The molecule has 0 heterocycles. The molecule has 0 aliphatic rings. The van der Waals surface area contributed by atoms with Crippen LogP contribution in [0.1, 0.15) is 86.5 Å². The second-order valence-corrected chi connectivity index (χ2v) is 6.72. The first-order valence-electron chi connectivity index (χ1n) is 8.87. The summed E-state index contributed by atoms with van der Waals surface area (Å²) in [5, 5.41) is 0. The number of unbranched alkanes of at least 4 members (excludes halogenated alkanes) is 5. The minimum atomic E-state index is -0.647. The van der Waals surface area contributed by atoms with Gasteiger partial charge in [0.25, 0.3) is 0 Å². The van der Waals surface area contributed by atoms with Crippen molar-refractivity contribution in [1.82, 2.24) is 0 Å². The molecular weight excluding hydrogens is 260 g/mol. The first-order valence-corrected chi connectivity index (χ1v) is 8.87. The van der Waals surface area contributed by atoms with Crippen LogP contribution in [0.5, 0.6) is 0 Å². The third-order valence-corrected chi connectivity index (χ3v) is 3.80. The molecule has 0 aromatic rings. The van der Waals surface area contributed by atoms with Gasteiger partial charge in [-0.2, -0.15) is 0 Å². The van der Waals surface area contributed by atoms with Crippen LogP contribution in [-0.2, 0) is 9.47 Å². The van der Waals surface area contributed by atoms with Crippen molar-refractivity contribution in [3.63, 3.8) is 0 Å². The normalized spacial score (nSPS) is 13.9. The third-order valence-electron chi connectivity index (χ3n) is 3.80. The maximum atomic E-state index is 6.12. The van der Waals surface area contributed by atoms with Crippen molar-refractivity contribution in [2.45, 2.75) is 104 Å². The van der Waals surface area contributed by atoms with E-state index < -0.39 is 5.79 Å². The lowest BCUT2D eigenvalue weighted by molar-refractivity contribution is -0.263. The summed E-state index contributed by atoms with van der Waals surface area (Å²) in [7, 11) is 0. The summed E-state index contributed by atoms with van der Waals surface area (Å²) < 4.78 is 12.2. The zero-order chi connectivity index (χ0) is 16.3. The molecule has 0 fully saturated rings. The van der Waals surface area contributed by atoms with E-state index in [1.54, 1.807) is 0 Å². The van der Waals surface area contributed by atoms with E-state index in [9.17, 15) is 0 Å². The lowest BCUT2D eigenvalue weighted by atomic mass is 9.93. The van der Waals surface area contributed by atoms with E-state index in [0.717, 1.165) is 6.42 Å². The topological polar surface area (TPSA) is 18.5 Å². The standard InChI is InChI=1S/C19H38O2/c1-8-10-11-12-13-14-15-18(7)19(9-2,20-16(3)4)21-17(5)6/h9,16-18H,2,8,10-15H2,1,3-7H3. The van der Waals surface area contributed by atoms with Gasteiger partial charge in [-0.1, -0.05) is 59.0 Å². The molecule has 0 spiro atoms. The van der Waals surface area contributed by atoms with Crippen molar-refractivity contribution in [2.24, 2.45) is 5.92 Å². The largest absolute Gasteiger partial charge is 0.343 e. The van der Waals surface area contributed by atoms with Crippen molar-refractivity contribution in [3.05, 3.63) is 12.7 Å². The molecule has 0 N–H and O–H groups in total. The Hall–Kier alpha value is -0.340. The molecular formula is C19H38O2. The van der Waals surface area contributed by atoms with Gasteiger partial charge < -0.3 is 9.47 Å². The Bertz CT molecular complexity index is 248. The molecule has 21 heavy (non-hydrogen) atoms. The predicted molar refractivity (Wildman–Crippen MR) is 92.5 cm³/mol. The second kappa shape index (κ2) is 11.3. The van der Waals surface area contributed by atoms with E-state index in [1.165, 1.54) is 38.5 Å². The molecule has 1 atom stereocenters. The highest BCUT2D eigenvalue weighted by molar-refractivity contribution is 4.94. The van der Waals surface area contributed by atoms with Gasteiger partial charge in [0.2, 0.25) is 0 Å². The highest BCUT2D eigenvalue weighted by atomic mass is 16.7. The average Bonchev–Trinajstić information content (AvgIpc) is 2.40. The molecule has 0 rings (SSSR count). The van der Waals surface area contributed by atoms with Gasteiger partial charge in [-0.15, -0.1) is 0 Å². The van der Waals surface area contributed by atoms with E-state index in [0.29, 0.717) is 5.92 Å². The summed E-state index contributed by atoms with van der Waals surface area (Å²) in [4.78, 5) is 0. The Morgan fingerprint density at radius 1 is 0.857 bits per heavy atom. The summed E-state index contributed by atoms with van der Waals surface area (Å²) in [6.07, 6.45) is 11.2. The first-order chi connectivity index (χ1) is 9.88. The van der Waals surface area contributed by atoms with Crippen LogP contribution in [0, 0.1) is 5.92 Å². The van der Waals surface area contributed by atoms with Gasteiger partial charge in [0, 0.05) is 5.92 Å². The number of hydrogen-bond acceptors (Lipinski definition) is 2. The Kier molecular flexibility index (Phi) is 11.1. The molecule has 0 aromatic heterocycles. The molecule has 2 nitrogen and oxygen atoms in total. The lowest BCUT2D eigenvalue weighted by Crippen LogP contribution is -2.44. The summed E-state index contributed by atoms with van der Waals surface area (Å²) in [5.41, 5.74) is 0. The van der Waals surface area contributed by atoms with Crippen LogP contribution < -0.4 is 0 Å². The average molecular weight is 299 g/mol. The molecule has 0 aromatic carbocycles. The minimum absolute atomic E-state index is 0.133.